The Morgan fingerprint density at radius 1 is 0.829 bits per heavy atom. The van der Waals surface area contributed by atoms with Crippen molar-refractivity contribution in [3.05, 3.63) is 48.0 Å². The maximum atomic E-state index is 12.6. The zero-order valence-corrected chi connectivity index (χ0v) is 21.8. The second kappa shape index (κ2) is 16.8. The molecule has 35 heavy (non-hydrogen) atoms. The first kappa shape index (κ1) is 28.5. The van der Waals surface area contributed by atoms with E-state index in [1.54, 1.807) is 38.5 Å². The molecule has 0 fully saturated rings. The molecule has 194 valence electrons. The molecule has 1 atom stereocenters. The van der Waals surface area contributed by atoms with Crippen molar-refractivity contribution in [3.8, 4) is 11.5 Å². The highest BCUT2D eigenvalue weighted by Gasteiger charge is 2.15. The highest BCUT2D eigenvalue weighted by atomic mass is 16.5. The SMILES string of the molecule is CCCCCCCCCCCCC(O)CNc1cc(OC)c(NC(=O)c2ccccc2)cc1OC. The standard InChI is InChI=1S/C29H44N2O4/c1-4-5-6-7-8-9-10-11-12-16-19-24(32)22-30-25-20-28(35-3)26(21-27(25)34-2)31-29(33)23-17-14-13-15-18-23/h13-15,17-18,20-21,24,30,32H,4-12,16,19,22H2,1-3H3,(H,31,33). The van der Waals surface area contributed by atoms with Crippen molar-refractivity contribution in [2.75, 3.05) is 31.4 Å². The Morgan fingerprint density at radius 3 is 1.97 bits per heavy atom. The van der Waals surface area contributed by atoms with Crippen LogP contribution >= 0.6 is 0 Å². The smallest absolute Gasteiger partial charge is 0.255 e. The van der Waals surface area contributed by atoms with Gasteiger partial charge in [-0.2, -0.15) is 0 Å². The van der Waals surface area contributed by atoms with E-state index < -0.39 is 6.10 Å². The molecule has 3 N–H and O–H groups in total. The van der Waals surface area contributed by atoms with Gasteiger partial charge in [0.15, 0.2) is 0 Å². The fraction of sp³-hybridized carbons (Fsp3) is 0.552. The molecule has 0 spiro atoms. The number of benzene rings is 2. The number of carbonyl (C=O) groups excluding carboxylic acids is 1. The quantitative estimate of drug-likeness (QED) is 0.198. The predicted molar refractivity (Wildman–Crippen MR) is 145 cm³/mol. The first-order chi connectivity index (χ1) is 17.1. The number of aliphatic hydroxyl groups is 1. The molecule has 6 heteroatoms. The van der Waals surface area contributed by atoms with E-state index in [1.165, 1.54) is 57.8 Å². The fourth-order valence-electron chi connectivity index (χ4n) is 4.11. The zero-order chi connectivity index (χ0) is 25.3. The van der Waals surface area contributed by atoms with E-state index >= 15 is 0 Å². The Balaban J connectivity index is 1.77. The zero-order valence-electron chi connectivity index (χ0n) is 21.8. The lowest BCUT2D eigenvalue weighted by Crippen LogP contribution is -2.20. The summed E-state index contributed by atoms with van der Waals surface area (Å²) in [6, 6.07) is 12.5. The number of anilines is 2. The van der Waals surface area contributed by atoms with Gasteiger partial charge in [0.1, 0.15) is 11.5 Å². The molecular formula is C29H44N2O4. The first-order valence-electron chi connectivity index (χ1n) is 13.1. The molecule has 0 aliphatic rings. The van der Waals surface area contributed by atoms with Gasteiger partial charge in [-0.25, -0.2) is 0 Å². The van der Waals surface area contributed by atoms with Gasteiger partial charge < -0.3 is 25.2 Å². The lowest BCUT2D eigenvalue weighted by atomic mass is 10.0. The van der Waals surface area contributed by atoms with Crippen molar-refractivity contribution < 1.29 is 19.4 Å². The van der Waals surface area contributed by atoms with Gasteiger partial charge in [0.05, 0.1) is 31.7 Å². The minimum absolute atomic E-state index is 0.224. The molecule has 2 rings (SSSR count). The summed E-state index contributed by atoms with van der Waals surface area (Å²) in [5.41, 5.74) is 1.80. The van der Waals surface area contributed by atoms with Gasteiger partial charge >= 0.3 is 0 Å². The van der Waals surface area contributed by atoms with E-state index in [0.717, 1.165) is 12.8 Å². The summed E-state index contributed by atoms with van der Waals surface area (Å²) in [7, 11) is 3.14. The van der Waals surface area contributed by atoms with Crippen LogP contribution in [-0.2, 0) is 0 Å². The maximum absolute atomic E-state index is 12.6. The van der Waals surface area contributed by atoms with Crippen LogP contribution in [-0.4, -0.2) is 37.9 Å². The Hall–Kier alpha value is -2.73. The summed E-state index contributed by atoms with van der Waals surface area (Å²) in [4.78, 5) is 12.6. The number of carbonyl (C=O) groups is 1. The van der Waals surface area contributed by atoms with Crippen molar-refractivity contribution in [2.24, 2.45) is 0 Å². The van der Waals surface area contributed by atoms with Gasteiger partial charge in [-0.05, 0) is 18.6 Å². The van der Waals surface area contributed by atoms with Crippen LogP contribution in [0.2, 0.25) is 0 Å². The van der Waals surface area contributed by atoms with E-state index in [2.05, 4.69) is 17.6 Å². The first-order valence-corrected chi connectivity index (χ1v) is 13.1. The summed E-state index contributed by atoms with van der Waals surface area (Å²) < 4.78 is 11.0. The van der Waals surface area contributed by atoms with E-state index in [9.17, 15) is 9.90 Å². The Labute approximate surface area is 211 Å². The van der Waals surface area contributed by atoms with Gasteiger partial charge in [0, 0.05) is 24.2 Å². The van der Waals surface area contributed by atoms with Crippen molar-refractivity contribution in [1.29, 1.82) is 0 Å². The average molecular weight is 485 g/mol. The van der Waals surface area contributed by atoms with Gasteiger partial charge in [-0.1, -0.05) is 89.3 Å². The monoisotopic (exact) mass is 484 g/mol. The third-order valence-corrected chi connectivity index (χ3v) is 6.22. The number of ether oxygens (including phenoxy) is 2. The second-order valence-electron chi connectivity index (χ2n) is 9.08. The molecule has 6 nitrogen and oxygen atoms in total. The number of hydrogen-bond donors (Lipinski definition) is 3. The van der Waals surface area contributed by atoms with Gasteiger partial charge in [-0.3, -0.25) is 4.79 Å². The van der Waals surface area contributed by atoms with E-state index in [-0.39, 0.29) is 5.91 Å². The third-order valence-electron chi connectivity index (χ3n) is 6.22. The largest absolute Gasteiger partial charge is 0.495 e. The molecule has 0 aliphatic heterocycles. The minimum Gasteiger partial charge on any atom is -0.495 e. The number of amides is 1. The van der Waals surface area contributed by atoms with Crippen LogP contribution in [0.1, 0.15) is 87.9 Å². The molecule has 0 aliphatic carbocycles. The van der Waals surface area contributed by atoms with Crippen LogP contribution in [0, 0.1) is 0 Å². The molecule has 1 unspecified atom stereocenters. The lowest BCUT2D eigenvalue weighted by Gasteiger charge is -2.18. The maximum Gasteiger partial charge on any atom is 0.255 e. The number of unbranched alkanes of at least 4 members (excludes halogenated alkanes) is 9. The van der Waals surface area contributed by atoms with Crippen molar-refractivity contribution in [1.82, 2.24) is 0 Å². The summed E-state index contributed by atoms with van der Waals surface area (Å²) in [6.45, 7) is 2.68. The molecule has 0 aromatic heterocycles. The highest BCUT2D eigenvalue weighted by molar-refractivity contribution is 6.05. The van der Waals surface area contributed by atoms with Crippen LogP contribution in [0.25, 0.3) is 0 Å². The summed E-state index contributed by atoms with van der Waals surface area (Å²) in [5.74, 6) is 0.862. The van der Waals surface area contributed by atoms with E-state index in [1.807, 2.05) is 18.2 Å². The number of aliphatic hydroxyl groups excluding tert-OH is 1. The number of nitrogens with one attached hydrogen (secondary N) is 2. The molecular weight excluding hydrogens is 440 g/mol. The number of methoxy groups -OCH3 is 2. The molecule has 0 heterocycles. The summed E-state index contributed by atoms with van der Waals surface area (Å²) in [6.07, 6.45) is 13.2. The van der Waals surface area contributed by atoms with Gasteiger partial charge in [0.25, 0.3) is 5.91 Å². The Morgan fingerprint density at radius 2 is 1.37 bits per heavy atom. The topological polar surface area (TPSA) is 79.8 Å². The van der Waals surface area contributed by atoms with Crippen molar-refractivity contribution >= 4 is 17.3 Å². The van der Waals surface area contributed by atoms with Crippen LogP contribution in [0.3, 0.4) is 0 Å². The predicted octanol–water partition coefficient (Wildman–Crippen LogP) is 7.04. The number of rotatable bonds is 18. The van der Waals surface area contributed by atoms with Crippen LogP contribution in [0.5, 0.6) is 11.5 Å². The Bertz CT molecular complexity index is 857. The number of hydrogen-bond acceptors (Lipinski definition) is 5. The minimum atomic E-state index is -0.433. The van der Waals surface area contributed by atoms with Crippen LogP contribution in [0.15, 0.2) is 42.5 Å². The normalized spacial score (nSPS) is 11.7. The molecule has 0 saturated heterocycles. The lowest BCUT2D eigenvalue weighted by molar-refractivity contribution is 0.102. The Kier molecular flexibility index (Phi) is 13.7. The molecule has 1 amide bonds. The summed E-state index contributed by atoms with van der Waals surface area (Å²) >= 11 is 0. The average Bonchev–Trinajstić information content (AvgIpc) is 2.89. The van der Waals surface area contributed by atoms with Gasteiger partial charge in [0.2, 0.25) is 0 Å². The van der Waals surface area contributed by atoms with E-state index in [0.29, 0.717) is 35.0 Å². The van der Waals surface area contributed by atoms with Crippen LogP contribution in [0.4, 0.5) is 11.4 Å². The second-order valence-corrected chi connectivity index (χ2v) is 9.08. The van der Waals surface area contributed by atoms with E-state index in [4.69, 9.17) is 9.47 Å². The fourth-order valence-corrected chi connectivity index (χ4v) is 4.11. The third kappa shape index (κ3) is 10.6. The summed E-state index contributed by atoms with van der Waals surface area (Å²) in [5, 5.41) is 16.6. The van der Waals surface area contributed by atoms with Crippen LogP contribution < -0.4 is 20.1 Å². The molecule has 0 bridgehead atoms. The highest BCUT2D eigenvalue weighted by Crippen LogP contribution is 2.36. The molecule has 2 aromatic carbocycles. The van der Waals surface area contributed by atoms with Gasteiger partial charge in [-0.15, -0.1) is 0 Å². The molecule has 0 radical (unpaired) electrons. The molecule has 2 aromatic rings. The van der Waals surface area contributed by atoms with Crippen molar-refractivity contribution in [3.63, 3.8) is 0 Å². The molecule has 0 saturated carbocycles. The van der Waals surface area contributed by atoms with Crippen molar-refractivity contribution in [2.45, 2.75) is 83.7 Å².